The average molecular weight is 366 g/mol. The molecule has 8 heteroatoms. The number of likely N-dealkylation sites (N-methyl/N-ethyl adjacent to an activating group) is 1. The highest BCUT2D eigenvalue weighted by molar-refractivity contribution is 5.53. The third-order valence-corrected chi connectivity index (χ3v) is 4.38. The molecular formula is C18H24F2N4O2. The molecule has 2 aromatic rings. The van der Waals surface area contributed by atoms with E-state index in [1.807, 2.05) is 7.05 Å². The number of hydrogen-bond donors (Lipinski definition) is 2. The molecule has 1 aromatic heterocycles. The molecule has 1 fully saturated rings. The summed E-state index contributed by atoms with van der Waals surface area (Å²) in [5.74, 6) is -0.434. The number of hydrogen-bond acceptors (Lipinski definition) is 6. The number of aryl methyl sites for hydroxylation is 1. The molecule has 3 rings (SSSR count). The lowest BCUT2D eigenvalue weighted by Crippen LogP contribution is -2.39. The van der Waals surface area contributed by atoms with Gasteiger partial charge in [0.05, 0.1) is 12.3 Å². The van der Waals surface area contributed by atoms with Gasteiger partial charge in [-0.3, -0.25) is 15.8 Å². The Morgan fingerprint density at radius 3 is 2.62 bits per heavy atom. The summed E-state index contributed by atoms with van der Waals surface area (Å²) in [7, 11) is 3.69. The maximum Gasteiger partial charge on any atom is 0.226 e. The van der Waals surface area contributed by atoms with Gasteiger partial charge in [-0.15, -0.1) is 0 Å². The molecule has 2 unspecified atom stereocenters. The van der Waals surface area contributed by atoms with Gasteiger partial charge in [0.15, 0.2) is 0 Å². The molecule has 142 valence electrons. The van der Waals surface area contributed by atoms with Gasteiger partial charge in [0, 0.05) is 43.9 Å². The quantitative estimate of drug-likeness (QED) is 0.784. The highest BCUT2D eigenvalue weighted by Gasteiger charge is 2.25. The van der Waals surface area contributed by atoms with Crippen LogP contribution in [0.15, 0.2) is 22.6 Å². The molecule has 6 nitrogen and oxygen atoms in total. The summed E-state index contributed by atoms with van der Waals surface area (Å²) in [6, 6.07) is 3.87. The number of nitrogens with zero attached hydrogens (tertiary/aromatic N) is 2. The zero-order valence-electron chi connectivity index (χ0n) is 15.2. The number of ether oxygens (including phenoxy) is 1. The summed E-state index contributed by atoms with van der Waals surface area (Å²) < 4.78 is 37.6. The maximum absolute atomic E-state index is 13.4. The van der Waals surface area contributed by atoms with E-state index in [-0.39, 0.29) is 5.89 Å². The SMILES string of the molecule is COCC1CC(CN(C)Cc2nc(-c3cc(F)cc(F)c3)oc2C)NN1. The molecule has 1 aliphatic rings. The molecule has 0 amide bonds. The van der Waals surface area contributed by atoms with Gasteiger partial charge in [0.2, 0.25) is 5.89 Å². The first-order valence-corrected chi connectivity index (χ1v) is 8.56. The third kappa shape index (κ3) is 4.64. The molecule has 0 radical (unpaired) electrons. The van der Waals surface area contributed by atoms with Crippen LogP contribution in [-0.2, 0) is 11.3 Å². The fraction of sp³-hybridized carbons (Fsp3) is 0.500. The Hall–Kier alpha value is -1.87. The Bertz CT molecular complexity index is 733. The van der Waals surface area contributed by atoms with Crippen molar-refractivity contribution in [1.82, 2.24) is 20.7 Å². The van der Waals surface area contributed by atoms with Gasteiger partial charge in [-0.1, -0.05) is 0 Å². The molecule has 2 N–H and O–H groups in total. The van der Waals surface area contributed by atoms with Crippen LogP contribution in [0.3, 0.4) is 0 Å². The molecule has 0 aliphatic carbocycles. The van der Waals surface area contributed by atoms with Crippen LogP contribution >= 0.6 is 0 Å². The molecule has 26 heavy (non-hydrogen) atoms. The lowest BCUT2D eigenvalue weighted by molar-refractivity contribution is 0.171. The third-order valence-electron chi connectivity index (χ3n) is 4.38. The molecule has 1 aliphatic heterocycles. The largest absolute Gasteiger partial charge is 0.441 e. The van der Waals surface area contributed by atoms with E-state index in [2.05, 4.69) is 20.7 Å². The minimum absolute atomic E-state index is 0.227. The zero-order valence-corrected chi connectivity index (χ0v) is 15.2. The van der Waals surface area contributed by atoms with Gasteiger partial charge in [0.1, 0.15) is 17.4 Å². The van der Waals surface area contributed by atoms with Crippen molar-refractivity contribution in [3.8, 4) is 11.5 Å². The van der Waals surface area contributed by atoms with Crippen molar-refractivity contribution in [2.24, 2.45) is 0 Å². The number of nitrogens with one attached hydrogen (secondary N) is 2. The van der Waals surface area contributed by atoms with Crippen LogP contribution < -0.4 is 10.9 Å². The zero-order chi connectivity index (χ0) is 18.7. The molecule has 2 atom stereocenters. The van der Waals surface area contributed by atoms with Crippen LogP contribution in [0.4, 0.5) is 8.78 Å². The first-order chi connectivity index (χ1) is 12.4. The molecule has 0 spiro atoms. The molecule has 0 bridgehead atoms. The van der Waals surface area contributed by atoms with Crippen molar-refractivity contribution in [3.05, 3.63) is 41.3 Å². The number of methoxy groups -OCH3 is 1. The van der Waals surface area contributed by atoms with Gasteiger partial charge in [-0.2, -0.15) is 0 Å². The van der Waals surface area contributed by atoms with E-state index in [0.717, 1.165) is 24.7 Å². The van der Waals surface area contributed by atoms with E-state index < -0.39 is 11.6 Å². The summed E-state index contributed by atoms with van der Waals surface area (Å²) in [5, 5.41) is 0. The topological polar surface area (TPSA) is 62.6 Å². The summed E-state index contributed by atoms with van der Waals surface area (Å²) in [6.45, 7) is 3.88. The Balaban J connectivity index is 1.62. The molecular weight excluding hydrogens is 342 g/mol. The summed E-state index contributed by atoms with van der Waals surface area (Å²) >= 11 is 0. The highest BCUT2D eigenvalue weighted by atomic mass is 19.1. The van der Waals surface area contributed by atoms with Crippen molar-refractivity contribution < 1.29 is 17.9 Å². The van der Waals surface area contributed by atoms with Crippen LogP contribution in [-0.4, -0.2) is 49.3 Å². The van der Waals surface area contributed by atoms with Crippen molar-refractivity contribution in [2.75, 3.05) is 27.3 Å². The molecule has 1 saturated heterocycles. The van der Waals surface area contributed by atoms with Gasteiger partial charge < -0.3 is 9.15 Å². The van der Waals surface area contributed by atoms with Crippen molar-refractivity contribution in [3.63, 3.8) is 0 Å². The van der Waals surface area contributed by atoms with Gasteiger partial charge >= 0.3 is 0 Å². The maximum atomic E-state index is 13.4. The number of aromatic nitrogens is 1. The van der Waals surface area contributed by atoms with Crippen LogP contribution in [0.25, 0.3) is 11.5 Å². The van der Waals surface area contributed by atoms with Crippen LogP contribution in [0, 0.1) is 18.6 Å². The van der Waals surface area contributed by atoms with E-state index in [1.165, 1.54) is 12.1 Å². The Kier molecular flexibility index (Phi) is 5.98. The number of hydrazine groups is 1. The minimum atomic E-state index is -0.653. The number of benzene rings is 1. The molecule has 2 heterocycles. The lowest BCUT2D eigenvalue weighted by atomic mass is 10.1. The van der Waals surface area contributed by atoms with Gasteiger partial charge in [-0.05, 0) is 32.5 Å². The molecule has 0 saturated carbocycles. The minimum Gasteiger partial charge on any atom is -0.441 e. The fourth-order valence-corrected chi connectivity index (χ4v) is 3.20. The van der Waals surface area contributed by atoms with Crippen molar-refractivity contribution in [2.45, 2.75) is 32.0 Å². The van der Waals surface area contributed by atoms with E-state index in [1.54, 1.807) is 14.0 Å². The average Bonchev–Trinajstić information content (AvgIpc) is 3.14. The first kappa shape index (κ1) is 18.9. The second-order valence-corrected chi connectivity index (χ2v) is 6.75. The number of oxazole rings is 1. The first-order valence-electron chi connectivity index (χ1n) is 8.56. The van der Waals surface area contributed by atoms with E-state index >= 15 is 0 Å². The second kappa shape index (κ2) is 8.22. The Labute approximate surface area is 151 Å². The van der Waals surface area contributed by atoms with E-state index in [4.69, 9.17) is 9.15 Å². The number of rotatable bonds is 7. The monoisotopic (exact) mass is 366 g/mol. The lowest BCUT2D eigenvalue weighted by Gasteiger charge is -2.19. The van der Waals surface area contributed by atoms with Crippen LogP contribution in [0.2, 0.25) is 0 Å². The molecule has 1 aromatic carbocycles. The fourth-order valence-electron chi connectivity index (χ4n) is 3.20. The van der Waals surface area contributed by atoms with Crippen molar-refractivity contribution in [1.29, 1.82) is 0 Å². The summed E-state index contributed by atoms with van der Waals surface area (Å²) in [6.07, 6.45) is 0.976. The normalized spacial score (nSPS) is 20.2. The standard InChI is InChI=1S/C18H24F2N4O2/c1-11-17(9-24(2)8-15-7-16(10-25-3)23-22-15)21-18(26-11)12-4-13(19)6-14(20)5-12/h4-6,15-16,22-23H,7-10H2,1-3H3. The Morgan fingerprint density at radius 1 is 1.23 bits per heavy atom. The smallest absolute Gasteiger partial charge is 0.226 e. The van der Waals surface area contributed by atoms with Gasteiger partial charge in [0.25, 0.3) is 0 Å². The Morgan fingerprint density at radius 2 is 1.92 bits per heavy atom. The second-order valence-electron chi connectivity index (χ2n) is 6.75. The predicted octanol–water partition coefficient (Wildman–Crippen LogP) is 2.24. The van der Waals surface area contributed by atoms with Gasteiger partial charge in [-0.25, -0.2) is 13.8 Å². The summed E-state index contributed by atoms with van der Waals surface area (Å²) in [4.78, 5) is 6.56. The van der Waals surface area contributed by atoms with E-state index in [9.17, 15) is 8.78 Å². The highest BCUT2D eigenvalue weighted by Crippen LogP contribution is 2.24. The van der Waals surface area contributed by atoms with Crippen molar-refractivity contribution >= 4 is 0 Å². The predicted molar refractivity (Wildman–Crippen MR) is 93.3 cm³/mol. The number of halogens is 2. The summed E-state index contributed by atoms with van der Waals surface area (Å²) in [5.41, 5.74) is 7.54. The van der Waals surface area contributed by atoms with Crippen LogP contribution in [0.5, 0.6) is 0 Å². The van der Waals surface area contributed by atoms with Crippen LogP contribution in [0.1, 0.15) is 17.9 Å². The van der Waals surface area contributed by atoms with E-state index in [0.29, 0.717) is 36.6 Å².